The van der Waals surface area contributed by atoms with Gasteiger partial charge >= 0.3 is 0 Å². The smallest absolute Gasteiger partial charge is 0.137 e. The summed E-state index contributed by atoms with van der Waals surface area (Å²) in [7, 11) is 3.77. The molecule has 1 atom stereocenters. The second kappa shape index (κ2) is 8.59. The average Bonchev–Trinajstić information content (AvgIpc) is 2.38. The van der Waals surface area contributed by atoms with Crippen molar-refractivity contribution in [2.75, 3.05) is 27.2 Å². The van der Waals surface area contributed by atoms with E-state index in [1.54, 1.807) is 7.11 Å². The lowest BCUT2D eigenvalue weighted by molar-refractivity contribution is 0.186. The van der Waals surface area contributed by atoms with Crippen LogP contribution in [0.5, 0.6) is 5.75 Å². The summed E-state index contributed by atoms with van der Waals surface area (Å²) in [6, 6.07) is 4.77. The molecule has 1 aliphatic rings. The van der Waals surface area contributed by atoms with Crippen LogP contribution in [0, 0.1) is 0 Å². The number of likely N-dealkylation sites (N-methyl/N-ethyl adjacent to an activating group) is 1. The van der Waals surface area contributed by atoms with E-state index in [0.717, 1.165) is 34.3 Å². The van der Waals surface area contributed by atoms with Crippen molar-refractivity contribution in [3.8, 4) is 5.75 Å². The Morgan fingerprint density at radius 3 is 2.80 bits per heavy atom. The molecule has 114 valence electrons. The topological polar surface area (TPSA) is 24.5 Å². The Hall–Kier alpha value is 0.190. The van der Waals surface area contributed by atoms with E-state index >= 15 is 0 Å². The van der Waals surface area contributed by atoms with Crippen LogP contribution < -0.4 is 10.1 Å². The van der Waals surface area contributed by atoms with E-state index < -0.39 is 0 Å². The number of hydrogen-bond donors (Lipinski definition) is 1. The van der Waals surface area contributed by atoms with Crippen molar-refractivity contribution in [2.45, 2.75) is 25.4 Å². The van der Waals surface area contributed by atoms with Gasteiger partial charge in [0.1, 0.15) is 5.75 Å². The van der Waals surface area contributed by atoms with Crippen LogP contribution in [-0.4, -0.2) is 38.2 Å². The first kappa shape index (κ1) is 18.2. The first-order valence-corrected chi connectivity index (χ1v) is 8.14. The molecular weight excluding hydrogens is 407 g/mol. The Bertz CT molecular complexity index is 445. The Morgan fingerprint density at radius 1 is 1.40 bits per heavy atom. The number of ether oxygens (including phenoxy) is 1. The van der Waals surface area contributed by atoms with Crippen molar-refractivity contribution in [1.82, 2.24) is 10.2 Å². The summed E-state index contributed by atoms with van der Waals surface area (Å²) in [5, 5.41) is 3.38. The molecule has 0 spiro atoms. The number of hydrogen-bond acceptors (Lipinski definition) is 3. The molecular formula is C14H21Br2ClN2O. The normalized spacial score (nSPS) is 19.5. The highest BCUT2D eigenvalue weighted by Crippen LogP contribution is 2.33. The van der Waals surface area contributed by atoms with Gasteiger partial charge in [0.2, 0.25) is 0 Å². The minimum Gasteiger partial charge on any atom is -0.495 e. The molecule has 1 unspecified atom stereocenters. The third-order valence-corrected chi connectivity index (χ3v) is 4.64. The van der Waals surface area contributed by atoms with Crippen molar-refractivity contribution >= 4 is 44.3 Å². The van der Waals surface area contributed by atoms with Gasteiger partial charge in [-0.2, -0.15) is 0 Å². The van der Waals surface area contributed by atoms with Crippen LogP contribution in [0.2, 0.25) is 0 Å². The highest BCUT2D eigenvalue weighted by molar-refractivity contribution is 9.11. The summed E-state index contributed by atoms with van der Waals surface area (Å²) in [5.74, 6) is 0.940. The molecule has 0 aromatic heterocycles. The van der Waals surface area contributed by atoms with Gasteiger partial charge in [-0.3, -0.25) is 4.90 Å². The SMILES string of the molecule is CNC1CCCN(Cc2cc(Br)cc(Br)c2OC)C1.Cl. The zero-order chi connectivity index (χ0) is 13.8. The summed E-state index contributed by atoms with van der Waals surface area (Å²) < 4.78 is 7.60. The van der Waals surface area contributed by atoms with Gasteiger partial charge in [0.15, 0.2) is 0 Å². The van der Waals surface area contributed by atoms with Crippen molar-refractivity contribution in [3.05, 3.63) is 26.6 Å². The molecule has 0 bridgehead atoms. The van der Waals surface area contributed by atoms with E-state index in [1.165, 1.54) is 18.4 Å². The number of rotatable bonds is 4. The molecule has 0 saturated carbocycles. The van der Waals surface area contributed by atoms with Crippen molar-refractivity contribution in [3.63, 3.8) is 0 Å². The minimum atomic E-state index is 0. The van der Waals surface area contributed by atoms with Gasteiger partial charge in [-0.25, -0.2) is 0 Å². The monoisotopic (exact) mass is 426 g/mol. The van der Waals surface area contributed by atoms with Gasteiger partial charge in [0.05, 0.1) is 11.6 Å². The lowest BCUT2D eigenvalue weighted by atomic mass is 10.0. The van der Waals surface area contributed by atoms with Crippen LogP contribution in [0.4, 0.5) is 0 Å². The third-order valence-electron chi connectivity index (χ3n) is 3.60. The van der Waals surface area contributed by atoms with E-state index in [-0.39, 0.29) is 12.4 Å². The summed E-state index contributed by atoms with van der Waals surface area (Å²) in [6.07, 6.45) is 2.52. The number of nitrogens with zero attached hydrogens (tertiary/aromatic N) is 1. The van der Waals surface area contributed by atoms with Gasteiger partial charge in [0, 0.05) is 29.2 Å². The minimum absolute atomic E-state index is 0. The van der Waals surface area contributed by atoms with E-state index in [9.17, 15) is 0 Å². The summed E-state index contributed by atoms with van der Waals surface area (Å²) in [6.45, 7) is 3.19. The second-order valence-electron chi connectivity index (χ2n) is 4.94. The first-order valence-electron chi connectivity index (χ1n) is 6.55. The molecule has 6 heteroatoms. The van der Waals surface area contributed by atoms with Gasteiger partial charge in [-0.05, 0) is 54.5 Å². The van der Waals surface area contributed by atoms with Crippen LogP contribution in [-0.2, 0) is 6.54 Å². The van der Waals surface area contributed by atoms with Gasteiger partial charge in [-0.1, -0.05) is 15.9 Å². The van der Waals surface area contributed by atoms with E-state index in [4.69, 9.17) is 4.74 Å². The van der Waals surface area contributed by atoms with E-state index in [2.05, 4.69) is 48.1 Å². The fraction of sp³-hybridized carbons (Fsp3) is 0.571. The Balaban J connectivity index is 0.00000200. The predicted octanol–water partition coefficient (Wildman–Crippen LogP) is 3.83. The molecule has 1 aromatic rings. The van der Waals surface area contributed by atoms with Gasteiger partial charge < -0.3 is 10.1 Å². The van der Waals surface area contributed by atoms with Crippen LogP contribution in [0.25, 0.3) is 0 Å². The molecule has 1 saturated heterocycles. The number of nitrogens with one attached hydrogen (secondary N) is 1. The number of piperidine rings is 1. The van der Waals surface area contributed by atoms with Gasteiger partial charge in [0.25, 0.3) is 0 Å². The highest BCUT2D eigenvalue weighted by Gasteiger charge is 2.20. The molecule has 0 aliphatic carbocycles. The number of benzene rings is 1. The maximum Gasteiger partial charge on any atom is 0.137 e. The first-order chi connectivity index (χ1) is 9.13. The fourth-order valence-electron chi connectivity index (χ4n) is 2.64. The molecule has 1 N–H and O–H groups in total. The largest absolute Gasteiger partial charge is 0.495 e. The zero-order valence-corrected chi connectivity index (χ0v) is 15.8. The number of likely N-dealkylation sites (tertiary alicyclic amines) is 1. The maximum atomic E-state index is 5.52. The molecule has 1 aliphatic heterocycles. The molecule has 0 amide bonds. The van der Waals surface area contributed by atoms with E-state index in [0.29, 0.717) is 6.04 Å². The average molecular weight is 429 g/mol. The summed E-state index contributed by atoms with van der Waals surface area (Å²) in [4.78, 5) is 2.49. The Kier molecular flexibility index (Phi) is 7.83. The lowest BCUT2D eigenvalue weighted by Crippen LogP contribution is -2.43. The second-order valence-corrected chi connectivity index (χ2v) is 6.71. The van der Waals surface area contributed by atoms with Crippen LogP contribution in [0.15, 0.2) is 21.1 Å². The zero-order valence-electron chi connectivity index (χ0n) is 11.8. The molecule has 1 aromatic carbocycles. The van der Waals surface area contributed by atoms with Crippen LogP contribution in [0.1, 0.15) is 18.4 Å². The van der Waals surface area contributed by atoms with Crippen LogP contribution >= 0.6 is 44.3 Å². The number of methoxy groups -OCH3 is 1. The highest BCUT2D eigenvalue weighted by atomic mass is 79.9. The lowest BCUT2D eigenvalue weighted by Gasteiger charge is -2.33. The molecule has 20 heavy (non-hydrogen) atoms. The van der Waals surface area contributed by atoms with Crippen molar-refractivity contribution < 1.29 is 4.74 Å². The quantitative estimate of drug-likeness (QED) is 0.789. The Labute approximate surface area is 144 Å². The molecule has 0 radical (unpaired) electrons. The fourth-order valence-corrected chi connectivity index (χ4v) is 4.11. The molecule has 2 rings (SSSR count). The van der Waals surface area contributed by atoms with Gasteiger partial charge in [-0.15, -0.1) is 12.4 Å². The van der Waals surface area contributed by atoms with E-state index in [1.807, 2.05) is 13.1 Å². The molecule has 3 nitrogen and oxygen atoms in total. The van der Waals surface area contributed by atoms with Crippen molar-refractivity contribution in [1.29, 1.82) is 0 Å². The third kappa shape index (κ3) is 4.60. The van der Waals surface area contributed by atoms with Crippen LogP contribution in [0.3, 0.4) is 0 Å². The number of halogens is 3. The predicted molar refractivity (Wildman–Crippen MR) is 93.0 cm³/mol. The molecule has 1 heterocycles. The molecule has 1 fully saturated rings. The Morgan fingerprint density at radius 2 is 2.15 bits per heavy atom. The summed E-state index contributed by atoms with van der Waals surface area (Å²) in [5.41, 5.74) is 1.22. The maximum absolute atomic E-state index is 5.52. The standard InChI is InChI=1S/C14H20Br2N2O.ClH/c1-17-12-4-3-5-18(9-12)8-10-6-11(15)7-13(16)14(10)19-2;/h6-7,12,17H,3-5,8-9H2,1-2H3;1H. The summed E-state index contributed by atoms with van der Waals surface area (Å²) >= 11 is 7.11. The van der Waals surface area contributed by atoms with Crippen molar-refractivity contribution in [2.24, 2.45) is 0 Å².